The number of hydrogen-bond donors (Lipinski definition) is 2. The molecule has 0 amide bonds. The van der Waals surface area contributed by atoms with Gasteiger partial charge in [0.05, 0.1) is 18.1 Å². The van der Waals surface area contributed by atoms with E-state index in [0.29, 0.717) is 18.4 Å². The van der Waals surface area contributed by atoms with Gasteiger partial charge in [-0.15, -0.1) is 0 Å². The number of fused-ring (bicyclic) bond motifs is 1. The maximum Gasteiger partial charge on any atom is 0.334 e. The van der Waals surface area contributed by atoms with E-state index in [0.717, 1.165) is 11.1 Å². The van der Waals surface area contributed by atoms with Gasteiger partial charge in [0.1, 0.15) is 6.10 Å². The minimum Gasteiger partial charge on any atom is -0.454 e. The first-order valence-electron chi connectivity index (χ1n) is 6.49. The van der Waals surface area contributed by atoms with Crippen LogP contribution in [0, 0.1) is 5.92 Å². The van der Waals surface area contributed by atoms with Gasteiger partial charge in [0.15, 0.2) is 0 Å². The Morgan fingerprint density at radius 1 is 1.21 bits per heavy atom. The molecule has 0 aromatic carbocycles. The highest BCUT2D eigenvalue weighted by Crippen LogP contribution is 2.34. The van der Waals surface area contributed by atoms with E-state index in [4.69, 9.17) is 4.74 Å². The van der Waals surface area contributed by atoms with Crippen molar-refractivity contribution >= 4 is 5.97 Å². The summed E-state index contributed by atoms with van der Waals surface area (Å²) in [4.78, 5) is 11.6. The molecular weight excluding hydrogens is 244 g/mol. The van der Waals surface area contributed by atoms with Gasteiger partial charge in [-0.05, 0) is 32.8 Å². The number of esters is 1. The largest absolute Gasteiger partial charge is 0.454 e. The Hall–Kier alpha value is -1.39. The smallest absolute Gasteiger partial charge is 0.334 e. The van der Waals surface area contributed by atoms with Crippen molar-refractivity contribution in [1.29, 1.82) is 0 Å². The minimum atomic E-state index is -0.727. The van der Waals surface area contributed by atoms with Crippen molar-refractivity contribution in [2.45, 2.75) is 45.0 Å². The highest BCUT2D eigenvalue weighted by atomic mass is 16.6. The Kier molecular flexibility index (Phi) is 3.92. The Labute approximate surface area is 113 Å². The molecule has 2 aliphatic rings. The van der Waals surface area contributed by atoms with Crippen molar-refractivity contribution < 1.29 is 19.7 Å². The van der Waals surface area contributed by atoms with Crippen LogP contribution < -0.4 is 0 Å². The molecule has 104 valence electrons. The fraction of sp³-hybridized carbons (Fsp3) is 0.533. The van der Waals surface area contributed by atoms with Crippen LogP contribution in [0.4, 0.5) is 0 Å². The van der Waals surface area contributed by atoms with E-state index in [1.165, 1.54) is 0 Å². The Balaban J connectivity index is 2.36. The minimum absolute atomic E-state index is 0.329. The highest BCUT2D eigenvalue weighted by Gasteiger charge is 2.42. The van der Waals surface area contributed by atoms with Gasteiger partial charge in [0.2, 0.25) is 0 Å². The molecule has 2 N–H and O–H groups in total. The fourth-order valence-corrected chi connectivity index (χ4v) is 2.79. The second kappa shape index (κ2) is 5.31. The van der Waals surface area contributed by atoms with Crippen molar-refractivity contribution in [1.82, 2.24) is 0 Å². The highest BCUT2D eigenvalue weighted by molar-refractivity contribution is 5.91. The van der Waals surface area contributed by atoms with Crippen molar-refractivity contribution in [3.8, 4) is 0 Å². The van der Waals surface area contributed by atoms with E-state index in [2.05, 4.69) is 6.58 Å². The number of aliphatic hydroxyl groups is 2. The molecule has 4 heteroatoms. The topological polar surface area (TPSA) is 66.8 Å². The first-order chi connectivity index (χ1) is 8.88. The first kappa shape index (κ1) is 14.0. The van der Waals surface area contributed by atoms with Crippen LogP contribution in [0.1, 0.15) is 26.7 Å². The molecule has 19 heavy (non-hydrogen) atoms. The van der Waals surface area contributed by atoms with Gasteiger partial charge in [0, 0.05) is 5.57 Å². The van der Waals surface area contributed by atoms with Crippen LogP contribution in [0.2, 0.25) is 0 Å². The zero-order valence-corrected chi connectivity index (χ0v) is 11.3. The number of rotatable bonds is 0. The molecule has 0 radical (unpaired) electrons. The summed E-state index contributed by atoms with van der Waals surface area (Å²) in [6, 6.07) is 0. The molecule has 4 atom stereocenters. The lowest BCUT2D eigenvalue weighted by Crippen LogP contribution is -2.29. The summed E-state index contributed by atoms with van der Waals surface area (Å²) >= 11 is 0. The molecule has 1 fully saturated rings. The predicted molar refractivity (Wildman–Crippen MR) is 71.3 cm³/mol. The number of carbonyl (C=O) groups excluding carboxylic acids is 1. The zero-order valence-electron chi connectivity index (χ0n) is 11.3. The average molecular weight is 264 g/mol. The first-order valence-corrected chi connectivity index (χ1v) is 6.49. The third-order valence-electron chi connectivity index (χ3n) is 3.66. The summed E-state index contributed by atoms with van der Waals surface area (Å²) in [7, 11) is 0. The molecular formula is C15H20O4. The number of carbonyl (C=O) groups is 1. The predicted octanol–water partition coefficient (Wildman–Crippen LogP) is 1.49. The fourth-order valence-electron chi connectivity index (χ4n) is 2.79. The van der Waals surface area contributed by atoms with Crippen molar-refractivity contribution in [2.24, 2.45) is 5.92 Å². The maximum absolute atomic E-state index is 11.6. The van der Waals surface area contributed by atoms with E-state index in [1.54, 1.807) is 6.08 Å². The molecule has 0 aromatic heterocycles. The SMILES string of the molecule is C=C1C(=O)OC2/C=C(/C)C[C@H](O)/C=C(/C)C[C@@H](O)[C@@H]12. The molecule has 4 nitrogen and oxygen atoms in total. The maximum atomic E-state index is 11.6. The average Bonchev–Trinajstić information content (AvgIpc) is 2.52. The number of hydrogen-bond acceptors (Lipinski definition) is 4. The zero-order chi connectivity index (χ0) is 14.2. The molecule has 1 aliphatic heterocycles. The van der Waals surface area contributed by atoms with Crippen molar-refractivity contribution in [2.75, 3.05) is 0 Å². The lowest BCUT2D eigenvalue weighted by atomic mass is 9.85. The van der Waals surface area contributed by atoms with Gasteiger partial charge in [-0.1, -0.05) is 23.8 Å². The van der Waals surface area contributed by atoms with E-state index < -0.39 is 30.2 Å². The van der Waals surface area contributed by atoms with E-state index in [1.807, 2.05) is 19.9 Å². The van der Waals surface area contributed by atoms with Gasteiger partial charge in [-0.2, -0.15) is 0 Å². The molecule has 0 spiro atoms. The lowest BCUT2D eigenvalue weighted by Gasteiger charge is -2.23. The third-order valence-corrected chi connectivity index (χ3v) is 3.66. The second-order valence-electron chi connectivity index (χ2n) is 5.49. The van der Waals surface area contributed by atoms with Crippen LogP contribution in [0.5, 0.6) is 0 Å². The molecule has 2 rings (SSSR count). The Morgan fingerprint density at radius 2 is 1.84 bits per heavy atom. The van der Waals surface area contributed by atoms with Crippen LogP contribution in [0.15, 0.2) is 35.5 Å². The van der Waals surface area contributed by atoms with Gasteiger partial charge in [-0.25, -0.2) is 4.79 Å². The monoisotopic (exact) mass is 264 g/mol. The Bertz CT molecular complexity index is 461. The summed E-state index contributed by atoms with van der Waals surface area (Å²) in [6.07, 6.45) is 2.69. The summed E-state index contributed by atoms with van der Waals surface area (Å²) < 4.78 is 5.24. The second-order valence-corrected chi connectivity index (χ2v) is 5.49. The van der Waals surface area contributed by atoms with E-state index in [-0.39, 0.29) is 0 Å². The molecule has 1 heterocycles. The number of ether oxygens (including phenoxy) is 1. The molecule has 1 saturated heterocycles. The molecule has 0 bridgehead atoms. The normalized spacial score (nSPS) is 41.7. The van der Waals surface area contributed by atoms with Gasteiger partial charge < -0.3 is 14.9 Å². The van der Waals surface area contributed by atoms with Gasteiger partial charge in [-0.3, -0.25) is 0 Å². The van der Waals surface area contributed by atoms with E-state index in [9.17, 15) is 15.0 Å². The standard InChI is InChI=1S/C15H20O4/c1-8-4-11(16)5-9(2)7-13-14(12(17)6-8)10(3)15(18)19-13/h4,7,11-14,16-17H,3,5-6H2,1-2H3/b8-4-,9-7-/t11-,12-,13?,14-/m1/s1. The summed E-state index contributed by atoms with van der Waals surface area (Å²) in [5.41, 5.74) is 2.17. The van der Waals surface area contributed by atoms with Crippen LogP contribution in [0.3, 0.4) is 0 Å². The summed E-state index contributed by atoms with van der Waals surface area (Å²) in [5.74, 6) is -0.847. The lowest BCUT2D eigenvalue weighted by molar-refractivity contribution is -0.137. The van der Waals surface area contributed by atoms with Crippen LogP contribution in [0.25, 0.3) is 0 Å². The summed E-state index contributed by atoms with van der Waals surface area (Å²) in [6.45, 7) is 7.47. The molecule has 1 aliphatic carbocycles. The summed E-state index contributed by atoms with van der Waals surface area (Å²) in [5, 5.41) is 20.2. The molecule has 0 saturated carbocycles. The van der Waals surface area contributed by atoms with E-state index >= 15 is 0 Å². The van der Waals surface area contributed by atoms with Crippen molar-refractivity contribution in [3.05, 3.63) is 35.5 Å². The number of aliphatic hydroxyl groups excluding tert-OH is 2. The molecule has 0 aromatic rings. The quantitative estimate of drug-likeness (QED) is 0.395. The van der Waals surface area contributed by atoms with Crippen LogP contribution in [-0.2, 0) is 9.53 Å². The van der Waals surface area contributed by atoms with Crippen molar-refractivity contribution in [3.63, 3.8) is 0 Å². The van der Waals surface area contributed by atoms with Crippen LogP contribution >= 0.6 is 0 Å². The Morgan fingerprint density at radius 3 is 2.53 bits per heavy atom. The van der Waals surface area contributed by atoms with Crippen LogP contribution in [-0.4, -0.2) is 34.5 Å². The van der Waals surface area contributed by atoms with Gasteiger partial charge >= 0.3 is 5.97 Å². The third kappa shape index (κ3) is 2.96. The molecule has 1 unspecified atom stereocenters. The van der Waals surface area contributed by atoms with Gasteiger partial charge in [0.25, 0.3) is 0 Å².